The maximum absolute atomic E-state index is 12.3. The molecule has 2 N–H and O–H groups in total. The first-order valence-electron chi connectivity index (χ1n) is 11.0. The van der Waals surface area contributed by atoms with Gasteiger partial charge in [-0.25, -0.2) is 0 Å². The highest BCUT2D eigenvalue weighted by molar-refractivity contribution is 9.11. The lowest BCUT2D eigenvalue weighted by molar-refractivity contribution is 0.212. The summed E-state index contributed by atoms with van der Waals surface area (Å²) in [5, 5.41) is 4.15. The first-order valence-corrected chi connectivity index (χ1v) is 12.6. The molecule has 2 heterocycles. The lowest BCUT2D eigenvalue weighted by atomic mass is 9.75. The van der Waals surface area contributed by atoms with Crippen LogP contribution < -0.4 is 15.5 Å². The lowest BCUT2D eigenvalue weighted by Crippen LogP contribution is -2.30. The van der Waals surface area contributed by atoms with Gasteiger partial charge in [0.2, 0.25) is 0 Å². The Bertz CT molecular complexity index is 1260. The molecule has 0 saturated heterocycles. The predicted octanol–water partition coefficient (Wildman–Crippen LogP) is 6.38. The van der Waals surface area contributed by atoms with E-state index >= 15 is 0 Å². The summed E-state index contributed by atoms with van der Waals surface area (Å²) >= 11 is 7.36. The molecule has 0 bridgehead atoms. The number of hydrogen-bond donors (Lipinski definition) is 2. The number of aromatic nitrogens is 1. The molecule has 3 aliphatic rings. The molecule has 6 heteroatoms. The monoisotopic (exact) mass is 542 g/mol. The Hall–Kier alpha value is -1.79. The minimum atomic E-state index is 0.0620. The second kappa shape index (κ2) is 7.11. The standard InChI is InChI=1S/C25H24Br2N2O2/c26-15-11-17-23(18(27)12-15)31-10-8-25(17)21-14-24(21,25)7-3-4-9-28-22-13-20(30)16-5-1-2-6-19(16)29-22/h1-2,5-6,11-13,21H,3-4,7-10,14H2,(H2,28,29,30). The number of rotatable bonds is 6. The van der Waals surface area contributed by atoms with Crippen LogP contribution in [0.2, 0.25) is 0 Å². The number of fused-ring (bicyclic) bond motifs is 6. The summed E-state index contributed by atoms with van der Waals surface area (Å²) in [4.78, 5) is 15.6. The average Bonchev–Trinajstić information content (AvgIpc) is 3.62. The fraction of sp³-hybridized carbons (Fsp3) is 0.400. The lowest BCUT2D eigenvalue weighted by Gasteiger charge is -2.34. The smallest absolute Gasteiger partial charge is 0.191 e. The molecule has 1 aliphatic heterocycles. The summed E-state index contributed by atoms with van der Waals surface area (Å²) < 4.78 is 8.21. The Morgan fingerprint density at radius 3 is 2.90 bits per heavy atom. The van der Waals surface area contributed by atoms with Crippen LogP contribution in [0.5, 0.6) is 5.75 Å². The molecule has 3 atom stereocenters. The Morgan fingerprint density at radius 1 is 1.16 bits per heavy atom. The molecule has 31 heavy (non-hydrogen) atoms. The van der Waals surface area contributed by atoms with E-state index in [1.54, 1.807) is 6.07 Å². The zero-order valence-corrected chi connectivity index (χ0v) is 20.3. The molecule has 1 spiro atoms. The van der Waals surface area contributed by atoms with Crippen LogP contribution in [0.1, 0.15) is 37.7 Å². The van der Waals surface area contributed by atoms with Gasteiger partial charge in [-0.15, -0.1) is 0 Å². The van der Waals surface area contributed by atoms with Crippen molar-refractivity contribution in [2.24, 2.45) is 11.3 Å². The number of aromatic amines is 1. The number of benzene rings is 2. The molecular weight excluding hydrogens is 520 g/mol. The first kappa shape index (κ1) is 19.9. The third kappa shape index (κ3) is 2.94. The molecule has 2 fully saturated rings. The van der Waals surface area contributed by atoms with Gasteiger partial charge in [0.15, 0.2) is 5.43 Å². The van der Waals surface area contributed by atoms with Gasteiger partial charge in [-0.05, 0) is 77.2 Å². The number of nitrogens with one attached hydrogen (secondary N) is 2. The second-order valence-electron chi connectivity index (χ2n) is 9.22. The van der Waals surface area contributed by atoms with E-state index in [0.29, 0.717) is 10.8 Å². The zero-order valence-electron chi connectivity index (χ0n) is 17.1. The zero-order chi connectivity index (χ0) is 21.2. The van der Waals surface area contributed by atoms with Gasteiger partial charge in [0, 0.05) is 33.4 Å². The highest BCUT2D eigenvalue weighted by Crippen LogP contribution is 2.91. The quantitative estimate of drug-likeness (QED) is 0.355. The van der Waals surface area contributed by atoms with Crippen LogP contribution in [0.25, 0.3) is 10.9 Å². The largest absolute Gasteiger partial charge is 0.492 e. The molecule has 160 valence electrons. The van der Waals surface area contributed by atoms with E-state index in [9.17, 15) is 4.79 Å². The van der Waals surface area contributed by atoms with Gasteiger partial charge in [-0.2, -0.15) is 0 Å². The molecule has 6 rings (SSSR count). The van der Waals surface area contributed by atoms with Gasteiger partial charge in [0.05, 0.1) is 16.6 Å². The summed E-state index contributed by atoms with van der Waals surface area (Å²) in [6, 6.07) is 13.7. The summed E-state index contributed by atoms with van der Waals surface area (Å²) in [5.41, 5.74) is 3.18. The SMILES string of the molecule is O=c1cc(NCCCCC23CC2C32CCOc3c(Br)cc(Br)cc32)[nH]c2ccccc12. The number of ether oxygens (including phenoxy) is 1. The van der Waals surface area contributed by atoms with E-state index in [2.05, 4.69) is 54.3 Å². The molecule has 0 radical (unpaired) electrons. The van der Waals surface area contributed by atoms with Crippen molar-refractivity contribution >= 4 is 48.6 Å². The van der Waals surface area contributed by atoms with E-state index in [1.165, 1.54) is 24.8 Å². The van der Waals surface area contributed by atoms with Crippen LogP contribution in [0.3, 0.4) is 0 Å². The number of pyridine rings is 1. The molecule has 2 saturated carbocycles. The topological polar surface area (TPSA) is 54.1 Å². The van der Waals surface area contributed by atoms with Crippen LogP contribution in [0.4, 0.5) is 5.82 Å². The van der Waals surface area contributed by atoms with Crippen molar-refractivity contribution < 1.29 is 4.74 Å². The molecule has 2 aromatic carbocycles. The van der Waals surface area contributed by atoms with E-state index in [4.69, 9.17) is 4.74 Å². The Morgan fingerprint density at radius 2 is 2.03 bits per heavy atom. The third-order valence-electron chi connectivity index (χ3n) is 7.81. The van der Waals surface area contributed by atoms with E-state index in [-0.39, 0.29) is 5.43 Å². The second-order valence-corrected chi connectivity index (χ2v) is 11.0. The number of unbranched alkanes of at least 4 members (excludes halogenated alkanes) is 1. The number of hydrogen-bond acceptors (Lipinski definition) is 3. The van der Waals surface area contributed by atoms with Crippen molar-refractivity contribution in [1.82, 2.24) is 4.98 Å². The van der Waals surface area contributed by atoms with Crippen molar-refractivity contribution in [1.29, 1.82) is 0 Å². The molecule has 2 aliphatic carbocycles. The minimum Gasteiger partial charge on any atom is -0.492 e. The number of halogens is 2. The number of anilines is 1. The highest BCUT2D eigenvalue weighted by Gasteiger charge is 2.88. The maximum atomic E-state index is 12.3. The van der Waals surface area contributed by atoms with E-state index in [1.807, 2.05) is 24.3 Å². The number of para-hydroxylation sites is 1. The fourth-order valence-electron chi connectivity index (χ4n) is 6.24. The van der Waals surface area contributed by atoms with Gasteiger partial charge in [0.1, 0.15) is 11.6 Å². The van der Waals surface area contributed by atoms with Crippen LogP contribution in [0, 0.1) is 11.3 Å². The average molecular weight is 544 g/mol. The Balaban J connectivity index is 1.09. The van der Waals surface area contributed by atoms with Gasteiger partial charge in [-0.3, -0.25) is 4.79 Å². The Kier molecular flexibility index (Phi) is 4.55. The first-order chi connectivity index (χ1) is 15.0. The summed E-state index contributed by atoms with van der Waals surface area (Å²) in [7, 11) is 0. The van der Waals surface area contributed by atoms with Gasteiger partial charge < -0.3 is 15.0 Å². The molecular formula is C25H24Br2N2O2. The van der Waals surface area contributed by atoms with Crippen molar-refractivity contribution in [3.05, 3.63) is 67.2 Å². The van der Waals surface area contributed by atoms with Crippen molar-refractivity contribution in [2.75, 3.05) is 18.5 Å². The molecule has 4 nitrogen and oxygen atoms in total. The van der Waals surface area contributed by atoms with Crippen molar-refractivity contribution in [3.8, 4) is 5.75 Å². The van der Waals surface area contributed by atoms with Crippen LogP contribution in [-0.2, 0) is 5.41 Å². The van der Waals surface area contributed by atoms with Gasteiger partial charge >= 0.3 is 0 Å². The highest BCUT2D eigenvalue weighted by atomic mass is 79.9. The molecule has 3 unspecified atom stereocenters. The molecule has 3 aromatic rings. The summed E-state index contributed by atoms with van der Waals surface area (Å²) in [6.07, 6.45) is 6.09. The minimum absolute atomic E-state index is 0.0620. The van der Waals surface area contributed by atoms with Crippen molar-refractivity contribution in [2.45, 2.75) is 37.5 Å². The van der Waals surface area contributed by atoms with E-state index < -0.39 is 0 Å². The van der Waals surface area contributed by atoms with Crippen LogP contribution in [0.15, 0.2) is 56.2 Å². The maximum Gasteiger partial charge on any atom is 0.191 e. The van der Waals surface area contributed by atoms with E-state index in [0.717, 1.165) is 63.3 Å². The van der Waals surface area contributed by atoms with Crippen molar-refractivity contribution in [3.63, 3.8) is 0 Å². The summed E-state index contributed by atoms with van der Waals surface area (Å²) in [6.45, 7) is 1.70. The molecule has 0 amide bonds. The van der Waals surface area contributed by atoms with Gasteiger partial charge in [0.25, 0.3) is 0 Å². The van der Waals surface area contributed by atoms with Gasteiger partial charge in [-0.1, -0.05) is 34.5 Å². The van der Waals surface area contributed by atoms with Crippen LogP contribution >= 0.6 is 31.9 Å². The van der Waals surface area contributed by atoms with Crippen LogP contribution in [-0.4, -0.2) is 18.1 Å². The predicted molar refractivity (Wildman–Crippen MR) is 131 cm³/mol. The number of H-pyrrole nitrogens is 1. The fourth-order valence-corrected chi connectivity index (χ4v) is 7.58. The normalized spacial score (nSPS) is 27.5. The third-order valence-corrected chi connectivity index (χ3v) is 8.86. The summed E-state index contributed by atoms with van der Waals surface area (Å²) in [5.74, 6) is 2.69. The Labute approximate surface area is 198 Å². The molecule has 1 aromatic heterocycles.